The summed E-state index contributed by atoms with van der Waals surface area (Å²) >= 11 is 6.00. The number of carbonyl (C=O) groups excluding carboxylic acids is 3. The summed E-state index contributed by atoms with van der Waals surface area (Å²) < 4.78 is 0. The van der Waals surface area contributed by atoms with Gasteiger partial charge < -0.3 is 14.7 Å². The summed E-state index contributed by atoms with van der Waals surface area (Å²) in [6.07, 6.45) is 1.30. The third-order valence-corrected chi connectivity index (χ3v) is 4.76. The third-order valence-electron chi connectivity index (χ3n) is 4.52. The van der Waals surface area contributed by atoms with Gasteiger partial charge >= 0.3 is 0 Å². The number of carbonyl (C=O) groups is 3. The molecule has 24 heavy (non-hydrogen) atoms. The van der Waals surface area contributed by atoms with E-state index in [9.17, 15) is 14.4 Å². The summed E-state index contributed by atoms with van der Waals surface area (Å²) in [4.78, 5) is 41.4. The zero-order valence-corrected chi connectivity index (χ0v) is 14.3. The van der Waals surface area contributed by atoms with Crippen LogP contribution in [-0.4, -0.2) is 59.7 Å². The molecule has 128 valence electrons. The van der Waals surface area contributed by atoms with Gasteiger partial charge in [-0.2, -0.15) is 0 Å². The zero-order valence-electron chi connectivity index (χ0n) is 13.6. The average molecular weight is 350 g/mol. The minimum atomic E-state index is -0.170. The minimum absolute atomic E-state index is 0.0138. The molecular weight excluding hydrogens is 330 g/mol. The van der Waals surface area contributed by atoms with E-state index in [2.05, 4.69) is 0 Å². The van der Waals surface area contributed by atoms with E-state index >= 15 is 0 Å². The summed E-state index contributed by atoms with van der Waals surface area (Å²) in [5.41, 5.74) is 0.737. The molecular formula is C17H20ClN3O3. The summed E-state index contributed by atoms with van der Waals surface area (Å²) in [6.45, 7) is 3.03. The Balaban J connectivity index is 1.67. The van der Waals surface area contributed by atoms with Gasteiger partial charge in [-0.25, -0.2) is 0 Å². The van der Waals surface area contributed by atoms with Crippen molar-refractivity contribution in [3.8, 4) is 0 Å². The highest BCUT2D eigenvalue weighted by atomic mass is 35.5. The Morgan fingerprint density at radius 2 is 2.08 bits per heavy atom. The van der Waals surface area contributed by atoms with Gasteiger partial charge in [-0.3, -0.25) is 14.4 Å². The highest BCUT2D eigenvalue weighted by molar-refractivity contribution is 6.30. The van der Waals surface area contributed by atoms with Crippen molar-refractivity contribution >= 4 is 35.0 Å². The van der Waals surface area contributed by atoms with Crippen LogP contribution in [0.4, 0.5) is 5.69 Å². The standard InChI is InChI=1S/C17H20ClN3O3/c1-12-9-21(14-5-2-4-13(18)8-14)17(24)11-20(12)16(23)10-19-7-3-6-15(19)22/h2,4-5,8,12H,3,6-7,9-11H2,1H3/t12-/m1/s1. The first-order chi connectivity index (χ1) is 11.5. The van der Waals surface area contributed by atoms with Crippen LogP contribution < -0.4 is 4.90 Å². The summed E-state index contributed by atoms with van der Waals surface area (Å²) in [5, 5.41) is 0.569. The number of anilines is 1. The van der Waals surface area contributed by atoms with E-state index in [1.165, 1.54) is 0 Å². The smallest absolute Gasteiger partial charge is 0.246 e. The molecule has 3 amide bonds. The van der Waals surface area contributed by atoms with Gasteiger partial charge in [0.05, 0.1) is 6.54 Å². The molecule has 0 unspecified atom stereocenters. The van der Waals surface area contributed by atoms with E-state index < -0.39 is 0 Å². The maximum atomic E-state index is 12.5. The van der Waals surface area contributed by atoms with Crippen LogP contribution in [0.15, 0.2) is 24.3 Å². The van der Waals surface area contributed by atoms with Crippen LogP contribution in [-0.2, 0) is 14.4 Å². The first kappa shape index (κ1) is 16.8. The number of halogens is 1. The predicted octanol–water partition coefficient (Wildman–Crippen LogP) is 1.53. The molecule has 1 aromatic carbocycles. The van der Waals surface area contributed by atoms with Gasteiger partial charge in [0.15, 0.2) is 0 Å². The molecule has 2 aliphatic rings. The van der Waals surface area contributed by atoms with Crippen LogP contribution >= 0.6 is 11.6 Å². The fourth-order valence-corrected chi connectivity index (χ4v) is 3.39. The second kappa shape index (κ2) is 6.81. The number of piperazine rings is 1. The molecule has 6 nitrogen and oxygen atoms in total. The van der Waals surface area contributed by atoms with Gasteiger partial charge in [0.1, 0.15) is 6.54 Å². The fourth-order valence-electron chi connectivity index (χ4n) is 3.20. The molecule has 0 radical (unpaired) electrons. The highest BCUT2D eigenvalue weighted by Crippen LogP contribution is 2.23. The predicted molar refractivity (Wildman–Crippen MR) is 90.8 cm³/mol. The van der Waals surface area contributed by atoms with Crippen LogP contribution in [0.1, 0.15) is 19.8 Å². The van der Waals surface area contributed by atoms with E-state index in [1.807, 2.05) is 13.0 Å². The topological polar surface area (TPSA) is 60.9 Å². The summed E-state index contributed by atoms with van der Waals surface area (Å²) in [6, 6.07) is 7.01. The van der Waals surface area contributed by atoms with E-state index in [1.54, 1.807) is 32.9 Å². The Kier molecular flexibility index (Phi) is 4.76. The molecule has 1 atom stereocenters. The number of hydrogen-bond donors (Lipinski definition) is 0. The normalized spacial score (nSPS) is 21.6. The number of hydrogen-bond acceptors (Lipinski definition) is 3. The number of nitrogens with zero attached hydrogens (tertiary/aromatic N) is 3. The van der Waals surface area contributed by atoms with Gasteiger partial charge in [-0.05, 0) is 31.5 Å². The lowest BCUT2D eigenvalue weighted by molar-refractivity contribution is -0.143. The Hall–Kier alpha value is -2.08. The Morgan fingerprint density at radius 1 is 1.29 bits per heavy atom. The maximum absolute atomic E-state index is 12.5. The molecule has 2 fully saturated rings. The number of amides is 3. The van der Waals surface area contributed by atoms with Crippen molar-refractivity contribution in [2.24, 2.45) is 0 Å². The first-order valence-electron chi connectivity index (χ1n) is 8.09. The molecule has 0 N–H and O–H groups in total. The van der Waals surface area contributed by atoms with E-state index in [0.717, 1.165) is 12.1 Å². The van der Waals surface area contributed by atoms with Crippen molar-refractivity contribution in [3.05, 3.63) is 29.3 Å². The fraction of sp³-hybridized carbons (Fsp3) is 0.471. The molecule has 0 bridgehead atoms. The van der Waals surface area contributed by atoms with Crippen molar-refractivity contribution in [2.75, 3.05) is 31.1 Å². The second-order valence-corrected chi connectivity index (χ2v) is 6.71. The van der Waals surface area contributed by atoms with Crippen molar-refractivity contribution in [3.63, 3.8) is 0 Å². The third kappa shape index (κ3) is 3.38. The van der Waals surface area contributed by atoms with E-state index in [-0.39, 0.29) is 36.9 Å². The molecule has 2 saturated heterocycles. The summed E-state index contributed by atoms with van der Waals surface area (Å²) in [7, 11) is 0. The molecule has 2 aliphatic heterocycles. The molecule has 1 aromatic rings. The number of rotatable bonds is 3. The van der Waals surface area contributed by atoms with Crippen molar-refractivity contribution < 1.29 is 14.4 Å². The maximum Gasteiger partial charge on any atom is 0.246 e. The lowest BCUT2D eigenvalue weighted by Gasteiger charge is -2.40. The van der Waals surface area contributed by atoms with Crippen LogP contribution in [0, 0.1) is 0 Å². The molecule has 0 saturated carbocycles. The van der Waals surface area contributed by atoms with Crippen molar-refractivity contribution in [2.45, 2.75) is 25.8 Å². The van der Waals surface area contributed by atoms with Gasteiger partial charge in [0.2, 0.25) is 17.7 Å². The number of likely N-dealkylation sites (tertiary alicyclic amines) is 1. The van der Waals surface area contributed by atoms with Crippen molar-refractivity contribution in [1.29, 1.82) is 0 Å². The molecule has 2 heterocycles. The lowest BCUT2D eigenvalue weighted by Crippen LogP contribution is -2.58. The Labute approximate surface area is 146 Å². The zero-order chi connectivity index (χ0) is 17.3. The molecule has 0 aromatic heterocycles. The van der Waals surface area contributed by atoms with E-state index in [0.29, 0.717) is 24.5 Å². The lowest BCUT2D eigenvalue weighted by atomic mass is 10.1. The average Bonchev–Trinajstić information content (AvgIpc) is 2.94. The van der Waals surface area contributed by atoms with Gasteiger partial charge in [0.25, 0.3) is 0 Å². The van der Waals surface area contributed by atoms with Crippen molar-refractivity contribution in [1.82, 2.24) is 9.80 Å². The minimum Gasteiger partial charge on any atom is -0.333 e. The molecule has 3 rings (SSSR count). The monoisotopic (exact) mass is 349 g/mol. The van der Waals surface area contributed by atoms with Crippen LogP contribution in [0.5, 0.6) is 0 Å². The quantitative estimate of drug-likeness (QED) is 0.831. The van der Waals surface area contributed by atoms with Crippen LogP contribution in [0.3, 0.4) is 0 Å². The molecule has 0 aliphatic carbocycles. The van der Waals surface area contributed by atoms with Gasteiger partial charge in [0, 0.05) is 36.3 Å². The Bertz CT molecular complexity index is 679. The number of benzene rings is 1. The van der Waals surface area contributed by atoms with Crippen LogP contribution in [0.2, 0.25) is 5.02 Å². The molecule has 7 heteroatoms. The van der Waals surface area contributed by atoms with Crippen LogP contribution in [0.25, 0.3) is 0 Å². The molecule has 0 spiro atoms. The first-order valence-corrected chi connectivity index (χ1v) is 8.46. The van der Waals surface area contributed by atoms with Gasteiger partial charge in [-0.15, -0.1) is 0 Å². The largest absolute Gasteiger partial charge is 0.333 e. The Morgan fingerprint density at radius 3 is 2.75 bits per heavy atom. The highest BCUT2D eigenvalue weighted by Gasteiger charge is 2.34. The SMILES string of the molecule is C[C@@H]1CN(c2cccc(Cl)c2)C(=O)CN1C(=O)CN1CCCC1=O. The summed E-state index contributed by atoms with van der Waals surface area (Å²) in [5.74, 6) is -0.298. The van der Waals surface area contributed by atoms with E-state index in [4.69, 9.17) is 11.6 Å². The second-order valence-electron chi connectivity index (χ2n) is 6.27. The van der Waals surface area contributed by atoms with Gasteiger partial charge in [-0.1, -0.05) is 17.7 Å².